The number of morpholine rings is 1. The monoisotopic (exact) mass is 466 g/mol. The van der Waals surface area contributed by atoms with Crippen LogP contribution in [0.2, 0.25) is 10.0 Å². The maximum atomic E-state index is 12.1. The van der Waals surface area contributed by atoms with Crippen LogP contribution in [0.1, 0.15) is 33.3 Å². The largest absolute Gasteiger partial charge is 0.465 e. The molecule has 0 saturated carbocycles. The fourth-order valence-corrected chi connectivity index (χ4v) is 4.50. The van der Waals surface area contributed by atoms with Crippen LogP contribution in [0.15, 0.2) is 42.5 Å². The van der Waals surface area contributed by atoms with Crippen LogP contribution in [-0.2, 0) is 19.9 Å². The minimum Gasteiger partial charge on any atom is -0.465 e. The number of hydrogen-bond acceptors (Lipinski definition) is 5. The fourth-order valence-electron chi connectivity index (χ4n) is 4.00. The van der Waals surface area contributed by atoms with E-state index < -0.39 is 29.5 Å². The zero-order valence-electron chi connectivity index (χ0n) is 17.6. The number of halogens is 2. The van der Waals surface area contributed by atoms with Gasteiger partial charge in [0.15, 0.2) is 5.60 Å². The number of carbonyl (C=O) groups excluding carboxylic acids is 1. The quantitative estimate of drug-likeness (QED) is 0.567. The Labute approximate surface area is 190 Å². The summed E-state index contributed by atoms with van der Waals surface area (Å²) in [5, 5.41) is 14.0. The molecule has 3 atom stereocenters. The third-order valence-electron chi connectivity index (χ3n) is 5.51. The lowest BCUT2D eigenvalue weighted by Gasteiger charge is -2.55. The van der Waals surface area contributed by atoms with Crippen molar-refractivity contribution in [3.63, 3.8) is 0 Å². The van der Waals surface area contributed by atoms with E-state index in [1.807, 2.05) is 6.07 Å². The summed E-state index contributed by atoms with van der Waals surface area (Å²) < 4.78 is 11.9. The predicted octanol–water partition coefficient (Wildman–Crippen LogP) is 5.63. The van der Waals surface area contributed by atoms with Crippen molar-refractivity contribution >= 4 is 46.6 Å². The molecule has 166 valence electrons. The van der Waals surface area contributed by atoms with Gasteiger partial charge in [0.25, 0.3) is 0 Å². The molecule has 1 heterocycles. The number of nitrogens with zero attached hydrogens (tertiary/aromatic N) is 1. The van der Waals surface area contributed by atoms with Crippen molar-refractivity contribution in [2.75, 3.05) is 11.9 Å². The molecular formula is C22H24Cl2N2O5. The number of carbonyl (C=O) groups is 2. The molecule has 1 saturated heterocycles. The maximum Gasteiger partial charge on any atom is 0.410 e. The lowest BCUT2D eigenvalue weighted by Crippen LogP contribution is -2.69. The van der Waals surface area contributed by atoms with Gasteiger partial charge in [0.05, 0.1) is 28.4 Å². The Balaban J connectivity index is 2.19. The van der Waals surface area contributed by atoms with E-state index in [0.717, 1.165) is 4.90 Å². The second kappa shape index (κ2) is 8.57. The van der Waals surface area contributed by atoms with Gasteiger partial charge in [-0.15, -0.1) is 0 Å². The topological polar surface area (TPSA) is 88.1 Å². The van der Waals surface area contributed by atoms with Crippen LogP contribution in [0.4, 0.5) is 16.2 Å². The SMILES string of the molecule is CC(=O)OC1(C)N(C(=O)O)CC(C)OC1(C)c1ccccc1Nc1c(Cl)cccc1Cl. The van der Waals surface area contributed by atoms with Crippen LogP contribution < -0.4 is 5.32 Å². The summed E-state index contributed by atoms with van der Waals surface area (Å²) in [6.45, 7) is 6.28. The first kappa shape index (κ1) is 23.2. The molecule has 3 rings (SSSR count). The number of esters is 1. The zero-order valence-corrected chi connectivity index (χ0v) is 19.1. The molecule has 0 aliphatic carbocycles. The highest BCUT2D eigenvalue weighted by molar-refractivity contribution is 6.39. The molecular weight excluding hydrogens is 443 g/mol. The zero-order chi connectivity index (χ0) is 23.0. The van der Waals surface area contributed by atoms with Gasteiger partial charge in [-0.1, -0.05) is 47.5 Å². The molecule has 1 aliphatic rings. The van der Waals surface area contributed by atoms with Gasteiger partial charge in [0.2, 0.25) is 5.72 Å². The van der Waals surface area contributed by atoms with Crippen LogP contribution in [-0.4, -0.2) is 40.4 Å². The number of nitrogens with one attached hydrogen (secondary N) is 1. The van der Waals surface area contributed by atoms with Crippen molar-refractivity contribution in [1.82, 2.24) is 4.90 Å². The van der Waals surface area contributed by atoms with Crippen molar-refractivity contribution < 1.29 is 24.2 Å². The summed E-state index contributed by atoms with van der Waals surface area (Å²) in [5.74, 6) is -0.627. The first-order valence-corrected chi connectivity index (χ1v) is 10.4. The van der Waals surface area contributed by atoms with E-state index in [2.05, 4.69) is 5.32 Å². The van der Waals surface area contributed by atoms with Crippen LogP contribution in [0, 0.1) is 0 Å². The predicted molar refractivity (Wildman–Crippen MR) is 119 cm³/mol. The first-order chi connectivity index (χ1) is 14.5. The first-order valence-electron chi connectivity index (χ1n) is 9.68. The average molecular weight is 467 g/mol. The van der Waals surface area contributed by atoms with E-state index in [1.54, 1.807) is 50.2 Å². The molecule has 1 amide bonds. The maximum absolute atomic E-state index is 12.1. The highest BCUT2D eigenvalue weighted by Crippen LogP contribution is 2.48. The van der Waals surface area contributed by atoms with Crippen molar-refractivity contribution in [3.05, 3.63) is 58.1 Å². The minimum atomic E-state index is -1.64. The minimum absolute atomic E-state index is 0.0423. The molecule has 7 nitrogen and oxygen atoms in total. The normalized spacial score (nSPS) is 25.7. The van der Waals surface area contributed by atoms with Gasteiger partial charge in [0.1, 0.15) is 0 Å². The Bertz CT molecular complexity index is 997. The summed E-state index contributed by atoms with van der Waals surface area (Å²) in [5.41, 5.74) is -1.34. The molecule has 3 unspecified atom stereocenters. The van der Waals surface area contributed by atoms with Crippen molar-refractivity contribution in [1.29, 1.82) is 0 Å². The summed E-state index contributed by atoms with van der Waals surface area (Å²) in [7, 11) is 0. The van der Waals surface area contributed by atoms with Crippen molar-refractivity contribution in [2.24, 2.45) is 0 Å². The molecule has 1 fully saturated rings. The number of benzene rings is 2. The van der Waals surface area contributed by atoms with Crippen LogP contribution in [0.5, 0.6) is 0 Å². The number of amides is 1. The lowest BCUT2D eigenvalue weighted by atomic mass is 9.81. The van der Waals surface area contributed by atoms with E-state index in [1.165, 1.54) is 13.8 Å². The van der Waals surface area contributed by atoms with E-state index >= 15 is 0 Å². The summed E-state index contributed by atoms with van der Waals surface area (Å²) >= 11 is 12.7. The molecule has 2 N–H and O–H groups in total. The van der Waals surface area contributed by atoms with E-state index in [4.69, 9.17) is 32.7 Å². The third-order valence-corrected chi connectivity index (χ3v) is 6.14. The number of carboxylic acid groups (broad SMARTS) is 1. The number of anilines is 2. The highest BCUT2D eigenvalue weighted by atomic mass is 35.5. The third kappa shape index (κ3) is 4.18. The summed E-state index contributed by atoms with van der Waals surface area (Å²) in [6.07, 6.45) is -1.67. The molecule has 2 aromatic carbocycles. The molecule has 2 aromatic rings. The standard InChI is InChI=1S/C22H24Cl2N2O5/c1-13-12-26(20(28)29)22(4,31-14(2)27)21(3,30-13)15-8-5-6-11-18(15)25-19-16(23)9-7-10-17(19)24/h5-11,13,25H,12H2,1-4H3,(H,28,29). The smallest absolute Gasteiger partial charge is 0.410 e. The molecule has 31 heavy (non-hydrogen) atoms. The Morgan fingerprint density at radius 3 is 2.35 bits per heavy atom. The average Bonchev–Trinajstić information content (AvgIpc) is 2.67. The molecule has 0 bridgehead atoms. The Hall–Kier alpha value is -2.48. The van der Waals surface area contributed by atoms with Gasteiger partial charge in [-0.2, -0.15) is 0 Å². The second-order valence-corrected chi connectivity index (χ2v) is 8.51. The van der Waals surface area contributed by atoms with E-state index in [0.29, 0.717) is 27.0 Å². The number of rotatable bonds is 4. The number of para-hydroxylation sites is 2. The van der Waals surface area contributed by atoms with Crippen molar-refractivity contribution in [3.8, 4) is 0 Å². The molecule has 1 aliphatic heterocycles. The molecule has 0 radical (unpaired) electrons. The van der Waals surface area contributed by atoms with Gasteiger partial charge in [-0.3, -0.25) is 9.69 Å². The van der Waals surface area contributed by atoms with Crippen LogP contribution >= 0.6 is 23.2 Å². The second-order valence-electron chi connectivity index (χ2n) is 7.70. The molecule has 0 spiro atoms. The Kier molecular flexibility index (Phi) is 6.41. The fraction of sp³-hybridized carbons (Fsp3) is 0.364. The van der Waals surface area contributed by atoms with E-state index in [9.17, 15) is 14.7 Å². The van der Waals surface area contributed by atoms with Gasteiger partial charge < -0.3 is 19.9 Å². The van der Waals surface area contributed by atoms with E-state index in [-0.39, 0.29) is 6.54 Å². The van der Waals surface area contributed by atoms with Crippen molar-refractivity contribution in [2.45, 2.75) is 45.1 Å². The van der Waals surface area contributed by atoms with Crippen LogP contribution in [0.25, 0.3) is 0 Å². The summed E-state index contributed by atoms with van der Waals surface area (Å²) in [6, 6.07) is 12.3. The lowest BCUT2D eigenvalue weighted by molar-refractivity contribution is -0.292. The Morgan fingerprint density at radius 1 is 1.16 bits per heavy atom. The highest BCUT2D eigenvalue weighted by Gasteiger charge is 2.60. The molecule has 0 aromatic heterocycles. The number of ether oxygens (including phenoxy) is 2. The van der Waals surface area contributed by atoms with Gasteiger partial charge in [-0.05, 0) is 39.0 Å². The summed E-state index contributed by atoms with van der Waals surface area (Å²) in [4.78, 5) is 25.2. The van der Waals surface area contributed by atoms with Gasteiger partial charge in [0, 0.05) is 18.2 Å². The van der Waals surface area contributed by atoms with Gasteiger partial charge >= 0.3 is 12.1 Å². The molecule has 9 heteroatoms. The van der Waals surface area contributed by atoms with Crippen LogP contribution in [0.3, 0.4) is 0 Å². The Morgan fingerprint density at radius 2 is 1.77 bits per heavy atom. The van der Waals surface area contributed by atoms with Gasteiger partial charge in [-0.25, -0.2) is 4.79 Å². The number of hydrogen-bond donors (Lipinski definition) is 2.